The number of rotatable bonds is 6. The number of esters is 2. The van der Waals surface area contributed by atoms with Gasteiger partial charge in [-0.3, -0.25) is 0 Å². The van der Waals surface area contributed by atoms with E-state index >= 15 is 0 Å². The molecule has 0 aliphatic carbocycles. The van der Waals surface area contributed by atoms with Gasteiger partial charge in [0.1, 0.15) is 17.3 Å². The summed E-state index contributed by atoms with van der Waals surface area (Å²) < 4.78 is 28.6. The molecule has 0 amide bonds. The lowest BCUT2D eigenvalue weighted by molar-refractivity contribution is -0.145. The zero-order chi connectivity index (χ0) is 18.4. The summed E-state index contributed by atoms with van der Waals surface area (Å²) in [6.45, 7) is 6.33. The van der Waals surface area contributed by atoms with Crippen LogP contribution in [0.4, 0.5) is 4.39 Å². The summed E-state index contributed by atoms with van der Waals surface area (Å²) in [4.78, 5) is 23.2. The summed E-state index contributed by atoms with van der Waals surface area (Å²) in [6, 6.07) is 10.2. The Morgan fingerprint density at radius 3 is 2.32 bits per heavy atom. The summed E-state index contributed by atoms with van der Waals surface area (Å²) in [5.41, 5.74) is 1.01. The van der Waals surface area contributed by atoms with Crippen LogP contribution in [0.5, 0.6) is 11.5 Å². The molecule has 0 bridgehead atoms. The van der Waals surface area contributed by atoms with Crippen molar-refractivity contribution < 1.29 is 28.2 Å². The third kappa shape index (κ3) is 5.17. The minimum absolute atomic E-state index is 0.125. The molecule has 2 aromatic rings. The van der Waals surface area contributed by atoms with E-state index in [9.17, 15) is 14.0 Å². The third-order valence-electron chi connectivity index (χ3n) is 3.21. The van der Waals surface area contributed by atoms with Crippen LogP contribution in [-0.2, 0) is 9.53 Å². The van der Waals surface area contributed by atoms with E-state index in [1.807, 2.05) is 0 Å². The molecule has 0 aliphatic rings. The number of benzene rings is 2. The molecule has 0 saturated carbocycles. The molecule has 0 fully saturated rings. The highest BCUT2D eigenvalue weighted by atomic mass is 19.1. The summed E-state index contributed by atoms with van der Waals surface area (Å²) in [5.74, 6) is -1.08. The van der Waals surface area contributed by atoms with Crippen molar-refractivity contribution in [1.29, 1.82) is 0 Å². The molecule has 0 saturated heterocycles. The molecule has 0 N–H and O–H groups in total. The van der Waals surface area contributed by atoms with Gasteiger partial charge in [0, 0.05) is 11.6 Å². The molecule has 0 atom stereocenters. The van der Waals surface area contributed by atoms with Gasteiger partial charge in [-0.25, -0.2) is 14.0 Å². The smallest absolute Gasteiger partial charge is 0.343 e. The Bertz CT molecular complexity index is 796. The van der Waals surface area contributed by atoms with Crippen molar-refractivity contribution in [3.8, 4) is 11.5 Å². The topological polar surface area (TPSA) is 61.8 Å². The summed E-state index contributed by atoms with van der Waals surface area (Å²) in [5, 5.41) is 0. The molecule has 6 heteroatoms. The Hall–Kier alpha value is -3.15. The van der Waals surface area contributed by atoms with E-state index in [0.717, 1.165) is 6.07 Å². The number of aryl methyl sites for hydroxylation is 1. The van der Waals surface area contributed by atoms with Crippen molar-refractivity contribution >= 4 is 11.9 Å². The van der Waals surface area contributed by atoms with Crippen molar-refractivity contribution in [2.45, 2.75) is 13.8 Å². The van der Waals surface area contributed by atoms with Gasteiger partial charge in [0.15, 0.2) is 0 Å². The van der Waals surface area contributed by atoms with Crippen LogP contribution in [0.15, 0.2) is 54.6 Å². The molecule has 0 unspecified atom stereocenters. The molecular weight excluding hydrogens is 327 g/mol. The van der Waals surface area contributed by atoms with E-state index < -0.39 is 17.8 Å². The van der Waals surface area contributed by atoms with E-state index in [0.29, 0.717) is 11.3 Å². The summed E-state index contributed by atoms with van der Waals surface area (Å²) in [7, 11) is 0. The fraction of sp³-hybridized carbons (Fsp3) is 0.158. The largest absolute Gasteiger partial charge is 0.457 e. The van der Waals surface area contributed by atoms with Crippen molar-refractivity contribution in [2.75, 3.05) is 6.79 Å². The van der Waals surface area contributed by atoms with Crippen LogP contribution in [0.1, 0.15) is 22.8 Å². The van der Waals surface area contributed by atoms with Crippen molar-refractivity contribution in [2.24, 2.45) is 0 Å². The fourth-order valence-electron chi connectivity index (χ4n) is 1.76. The number of hydrogen-bond acceptors (Lipinski definition) is 5. The number of halogens is 1. The van der Waals surface area contributed by atoms with Gasteiger partial charge >= 0.3 is 11.9 Å². The fourth-order valence-corrected chi connectivity index (χ4v) is 1.76. The number of carbonyl (C=O) groups is 2. The highest BCUT2D eigenvalue weighted by molar-refractivity contribution is 5.91. The van der Waals surface area contributed by atoms with Gasteiger partial charge in [0.2, 0.25) is 6.79 Å². The molecule has 2 aromatic carbocycles. The maximum atomic E-state index is 13.5. The van der Waals surface area contributed by atoms with Crippen LogP contribution in [0.3, 0.4) is 0 Å². The van der Waals surface area contributed by atoms with Gasteiger partial charge in [-0.15, -0.1) is 0 Å². The van der Waals surface area contributed by atoms with Crippen molar-refractivity contribution in [1.82, 2.24) is 0 Å². The lowest BCUT2D eigenvalue weighted by Gasteiger charge is -2.08. The molecule has 130 valence electrons. The van der Waals surface area contributed by atoms with Crippen molar-refractivity contribution in [3.63, 3.8) is 0 Å². The average Bonchev–Trinajstić information content (AvgIpc) is 2.58. The first kappa shape index (κ1) is 18.2. The van der Waals surface area contributed by atoms with Crippen LogP contribution in [-0.4, -0.2) is 18.7 Å². The minimum Gasteiger partial charge on any atom is -0.457 e. The molecule has 0 spiro atoms. The summed E-state index contributed by atoms with van der Waals surface area (Å²) in [6.07, 6.45) is 0. The molecule has 25 heavy (non-hydrogen) atoms. The maximum absolute atomic E-state index is 13.5. The molecular formula is C19H17FO5. The van der Waals surface area contributed by atoms with Crippen LogP contribution >= 0.6 is 0 Å². The molecule has 2 rings (SSSR count). The molecule has 5 nitrogen and oxygen atoms in total. The monoisotopic (exact) mass is 344 g/mol. The predicted octanol–water partition coefficient (Wildman–Crippen LogP) is 3.81. The van der Waals surface area contributed by atoms with E-state index in [1.54, 1.807) is 6.92 Å². The van der Waals surface area contributed by atoms with E-state index in [1.165, 1.54) is 43.3 Å². The minimum atomic E-state index is -0.622. The van der Waals surface area contributed by atoms with Gasteiger partial charge < -0.3 is 14.2 Å². The highest BCUT2D eigenvalue weighted by Gasteiger charge is 2.10. The highest BCUT2D eigenvalue weighted by Crippen LogP contribution is 2.18. The van der Waals surface area contributed by atoms with Crippen LogP contribution in [0.2, 0.25) is 0 Å². The SMILES string of the molecule is C=C(C)C(=O)OCOc1ccc(C(=O)Oc2ccc(C)c(F)c2)cc1. The quantitative estimate of drug-likeness (QED) is 0.345. The van der Waals surface area contributed by atoms with Gasteiger partial charge in [0.05, 0.1) is 5.56 Å². The Balaban J connectivity index is 1.92. The Morgan fingerprint density at radius 2 is 1.72 bits per heavy atom. The first-order valence-corrected chi connectivity index (χ1v) is 7.40. The van der Waals surface area contributed by atoms with Crippen LogP contribution in [0.25, 0.3) is 0 Å². The standard InChI is InChI=1S/C19H17FO5/c1-12(2)18(21)24-11-23-15-8-5-14(6-9-15)19(22)25-16-7-4-13(3)17(20)10-16/h4-10H,1,11H2,2-3H3. The molecule has 0 radical (unpaired) electrons. The predicted molar refractivity (Wildman–Crippen MR) is 88.9 cm³/mol. The number of ether oxygens (including phenoxy) is 3. The molecule has 0 aromatic heterocycles. The average molecular weight is 344 g/mol. The van der Waals surface area contributed by atoms with E-state index in [4.69, 9.17) is 14.2 Å². The second kappa shape index (κ2) is 8.10. The lowest BCUT2D eigenvalue weighted by Crippen LogP contribution is -2.11. The van der Waals surface area contributed by atoms with Crippen molar-refractivity contribution in [3.05, 3.63) is 71.6 Å². The van der Waals surface area contributed by atoms with Crippen LogP contribution in [0, 0.1) is 12.7 Å². The second-order valence-electron chi connectivity index (χ2n) is 5.30. The maximum Gasteiger partial charge on any atom is 0.343 e. The lowest BCUT2D eigenvalue weighted by atomic mass is 10.2. The Labute approximate surface area is 144 Å². The molecule has 0 aliphatic heterocycles. The zero-order valence-corrected chi connectivity index (χ0v) is 13.9. The zero-order valence-electron chi connectivity index (χ0n) is 13.9. The Kier molecular flexibility index (Phi) is 5.89. The summed E-state index contributed by atoms with van der Waals surface area (Å²) >= 11 is 0. The van der Waals surface area contributed by atoms with Gasteiger partial charge in [0.25, 0.3) is 0 Å². The number of carbonyl (C=O) groups excluding carboxylic acids is 2. The van der Waals surface area contributed by atoms with Crippen LogP contribution < -0.4 is 9.47 Å². The first-order chi connectivity index (χ1) is 11.9. The normalized spacial score (nSPS) is 10.0. The number of hydrogen-bond donors (Lipinski definition) is 0. The molecule has 0 heterocycles. The van der Waals surface area contributed by atoms with Gasteiger partial charge in [-0.1, -0.05) is 12.6 Å². The van der Waals surface area contributed by atoms with Gasteiger partial charge in [-0.05, 0) is 49.7 Å². The van der Waals surface area contributed by atoms with E-state index in [-0.39, 0.29) is 23.7 Å². The first-order valence-electron chi connectivity index (χ1n) is 7.40. The Morgan fingerprint density at radius 1 is 1.08 bits per heavy atom. The van der Waals surface area contributed by atoms with Gasteiger partial charge in [-0.2, -0.15) is 0 Å². The van der Waals surface area contributed by atoms with E-state index in [2.05, 4.69) is 6.58 Å². The second-order valence-corrected chi connectivity index (χ2v) is 5.30. The third-order valence-corrected chi connectivity index (χ3v) is 3.21.